The van der Waals surface area contributed by atoms with E-state index in [-0.39, 0.29) is 11.7 Å². The van der Waals surface area contributed by atoms with Crippen molar-refractivity contribution in [2.45, 2.75) is 25.4 Å². The number of likely N-dealkylation sites (N-methyl/N-ethyl adjacent to an activating group) is 1. The zero-order chi connectivity index (χ0) is 17.4. The van der Waals surface area contributed by atoms with E-state index in [1.807, 2.05) is 0 Å². The highest BCUT2D eigenvalue weighted by atomic mass is 16.4. The SMILES string of the molecule is CN[C@@H](Cc1ccc(O)cc1)C(=O)N[C@H](C)C(=O)NCC(=O)O. The van der Waals surface area contributed by atoms with Crippen LogP contribution in [0, 0.1) is 0 Å². The third-order valence-electron chi connectivity index (χ3n) is 3.21. The van der Waals surface area contributed by atoms with Gasteiger partial charge in [0.1, 0.15) is 18.3 Å². The Morgan fingerprint density at radius 2 is 1.74 bits per heavy atom. The largest absolute Gasteiger partial charge is 0.508 e. The van der Waals surface area contributed by atoms with E-state index in [2.05, 4.69) is 16.0 Å². The van der Waals surface area contributed by atoms with Crippen molar-refractivity contribution in [3.63, 3.8) is 0 Å². The predicted octanol–water partition coefficient (Wildman–Crippen LogP) is -0.772. The molecule has 0 aliphatic heterocycles. The van der Waals surface area contributed by atoms with Crippen molar-refractivity contribution in [1.82, 2.24) is 16.0 Å². The van der Waals surface area contributed by atoms with Crippen molar-refractivity contribution in [3.05, 3.63) is 29.8 Å². The number of rotatable bonds is 8. The average molecular weight is 323 g/mol. The lowest BCUT2D eigenvalue weighted by molar-refractivity contribution is -0.138. The van der Waals surface area contributed by atoms with E-state index < -0.39 is 30.5 Å². The number of hydrogen-bond acceptors (Lipinski definition) is 5. The number of carboxylic acids is 1. The van der Waals surface area contributed by atoms with Crippen LogP contribution in [0.4, 0.5) is 0 Å². The first-order chi connectivity index (χ1) is 10.8. The van der Waals surface area contributed by atoms with Gasteiger partial charge >= 0.3 is 5.97 Å². The van der Waals surface area contributed by atoms with Crippen LogP contribution in [-0.4, -0.2) is 53.7 Å². The number of carboxylic acid groups (broad SMARTS) is 1. The lowest BCUT2D eigenvalue weighted by Crippen LogP contribution is -2.52. The van der Waals surface area contributed by atoms with Gasteiger partial charge in [0.2, 0.25) is 11.8 Å². The van der Waals surface area contributed by atoms with Crippen LogP contribution in [0.1, 0.15) is 12.5 Å². The molecule has 0 saturated carbocycles. The molecule has 126 valence electrons. The number of nitrogens with one attached hydrogen (secondary N) is 3. The highest BCUT2D eigenvalue weighted by molar-refractivity contribution is 5.90. The van der Waals surface area contributed by atoms with Crippen LogP contribution < -0.4 is 16.0 Å². The van der Waals surface area contributed by atoms with Crippen molar-refractivity contribution < 1.29 is 24.6 Å². The van der Waals surface area contributed by atoms with Crippen molar-refractivity contribution in [2.75, 3.05) is 13.6 Å². The molecular formula is C15H21N3O5. The van der Waals surface area contributed by atoms with Crippen LogP contribution in [0.2, 0.25) is 0 Å². The summed E-state index contributed by atoms with van der Waals surface area (Å²) in [4.78, 5) is 34.2. The Balaban J connectivity index is 2.57. The number of aliphatic carboxylic acids is 1. The summed E-state index contributed by atoms with van der Waals surface area (Å²) in [5, 5.41) is 25.3. The van der Waals surface area contributed by atoms with E-state index in [0.717, 1.165) is 5.56 Å². The molecule has 0 heterocycles. The Hall–Kier alpha value is -2.61. The summed E-state index contributed by atoms with van der Waals surface area (Å²) in [6, 6.07) is 5.06. The molecule has 0 bridgehead atoms. The van der Waals surface area contributed by atoms with E-state index in [9.17, 15) is 19.5 Å². The molecule has 2 amide bonds. The zero-order valence-corrected chi connectivity index (χ0v) is 13.0. The maximum absolute atomic E-state index is 12.2. The minimum atomic E-state index is -1.16. The Morgan fingerprint density at radius 3 is 2.26 bits per heavy atom. The van der Waals surface area contributed by atoms with Crippen LogP contribution in [-0.2, 0) is 20.8 Å². The van der Waals surface area contributed by atoms with Gasteiger partial charge in [-0.2, -0.15) is 0 Å². The Kier molecular flexibility index (Phi) is 7.01. The van der Waals surface area contributed by atoms with Gasteiger partial charge in [-0.25, -0.2) is 0 Å². The Labute approximate surface area is 133 Å². The highest BCUT2D eigenvalue weighted by Crippen LogP contribution is 2.11. The molecule has 0 spiro atoms. The molecule has 0 radical (unpaired) electrons. The van der Waals surface area contributed by atoms with Crippen LogP contribution in [0.25, 0.3) is 0 Å². The van der Waals surface area contributed by atoms with Gasteiger partial charge in [-0.05, 0) is 38.1 Å². The fourth-order valence-electron chi connectivity index (χ4n) is 1.89. The summed E-state index contributed by atoms with van der Waals surface area (Å²) in [5.74, 6) is -1.96. The van der Waals surface area contributed by atoms with E-state index in [1.54, 1.807) is 19.2 Å². The second-order valence-corrected chi connectivity index (χ2v) is 5.05. The molecular weight excluding hydrogens is 302 g/mol. The van der Waals surface area contributed by atoms with Gasteiger partial charge in [0.25, 0.3) is 0 Å². The Bertz CT molecular complexity index is 559. The third kappa shape index (κ3) is 6.35. The third-order valence-corrected chi connectivity index (χ3v) is 3.21. The normalized spacial score (nSPS) is 13.0. The number of carbonyl (C=O) groups excluding carboxylic acids is 2. The molecule has 1 aromatic rings. The minimum absolute atomic E-state index is 0.142. The summed E-state index contributed by atoms with van der Waals surface area (Å²) < 4.78 is 0. The number of benzene rings is 1. The maximum Gasteiger partial charge on any atom is 0.322 e. The molecule has 0 aromatic heterocycles. The second-order valence-electron chi connectivity index (χ2n) is 5.05. The molecule has 5 N–H and O–H groups in total. The van der Waals surface area contributed by atoms with Gasteiger partial charge in [-0.3, -0.25) is 14.4 Å². The molecule has 1 rings (SSSR count). The van der Waals surface area contributed by atoms with Crippen LogP contribution in [0.5, 0.6) is 5.75 Å². The van der Waals surface area contributed by atoms with Crippen molar-refractivity contribution in [1.29, 1.82) is 0 Å². The number of aromatic hydroxyl groups is 1. The summed E-state index contributed by atoms with van der Waals surface area (Å²) in [6.07, 6.45) is 0.381. The van der Waals surface area contributed by atoms with Gasteiger partial charge in [-0.15, -0.1) is 0 Å². The van der Waals surface area contributed by atoms with E-state index in [1.165, 1.54) is 19.1 Å². The number of phenols is 1. The monoisotopic (exact) mass is 323 g/mol. The zero-order valence-electron chi connectivity index (χ0n) is 13.0. The lowest BCUT2D eigenvalue weighted by atomic mass is 10.0. The van der Waals surface area contributed by atoms with Gasteiger partial charge in [0.05, 0.1) is 6.04 Å². The van der Waals surface area contributed by atoms with Crippen LogP contribution in [0.15, 0.2) is 24.3 Å². The molecule has 23 heavy (non-hydrogen) atoms. The first-order valence-electron chi connectivity index (χ1n) is 7.08. The number of hydrogen-bond donors (Lipinski definition) is 5. The van der Waals surface area contributed by atoms with Crippen molar-refractivity contribution >= 4 is 17.8 Å². The first kappa shape index (κ1) is 18.4. The van der Waals surface area contributed by atoms with Gasteiger partial charge in [0, 0.05) is 0 Å². The highest BCUT2D eigenvalue weighted by Gasteiger charge is 2.22. The number of phenolic OH excluding ortho intramolecular Hbond substituents is 1. The molecule has 8 heteroatoms. The van der Waals surface area contributed by atoms with Crippen LogP contribution in [0.3, 0.4) is 0 Å². The molecule has 2 atom stereocenters. The molecule has 0 saturated heterocycles. The standard InChI is InChI=1S/C15H21N3O5/c1-9(14(22)17-8-13(20)21)18-15(23)12(16-2)7-10-3-5-11(19)6-4-10/h3-6,9,12,16,19H,7-8H2,1-2H3,(H,17,22)(H,18,23)(H,20,21)/t9-,12+/m1/s1. The summed E-state index contributed by atoms with van der Waals surface area (Å²) in [7, 11) is 1.62. The molecule has 0 aliphatic carbocycles. The maximum atomic E-state index is 12.2. The molecule has 8 nitrogen and oxygen atoms in total. The number of amides is 2. The minimum Gasteiger partial charge on any atom is -0.508 e. The number of carbonyl (C=O) groups is 3. The lowest BCUT2D eigenvalue weighted by Gasteiger charge is -2.19. The fraction of sp³-hybridized carbons (Fsp3) is 0.400. The van der Waals surface area contributed by atoms with E-state index >= 15 is 0 Å². The van der Waals surface area contributed by atoms with E-state index in [0.29, 0.717) is 6.42 Å². The second kappa shape index (κ2) is 8.74. The van der Waals surface area contributed by atoms with Gasteiger partial charge in [-0.1, -0.05) is 12.1 Å². The van der Waals surface area contributed by atoms with Crippen LogP contribution >= 0.6 is 0 Å². The summed E-state index contributed by atoms with van der Waals surface area (Å²) in [5.41, 5.74) is 0.847. The topological polar surface area (TPSA) is 128 Å². The van der Waals surface area contributed by atoms with Gasteiger partial charge < -0.3 is 26.2 Å². The quantitative estimate of drug-likeness (QED) is 0.427. The molecule has 1 aromatic carbocycles. The summed E-state index contributed by atoms with van der Waals surface area (Å²) in [6.45, 7) is 0.977. The van der Waals surface area contributed by atoms with Crippen molar-refractivity contribution in [2.24, 2.45) is 0 Å². The average Bonchev–Trinajstić information content (AvgIpc) is 2.51. The van der Waals surface area contributed by atoms with Crippen molar-refractivity contribution in [3.8, 4) is 5.75 Å². The smallest absolute Gasteiger partial charge is 0.322 e. The molecule has 0 unspecified atom stereocenters. The molecule has 0 fully saturated rings. The molecule has 0 aliphatic rings. The van der Waals surface area contributed by atoms with Gasteiger partial charge in [0.15, 0.2) is 0 Å². The Morgan fingerprint density at radius 1 is 1.13 bits per heavy atom. The summed E-state index contributed by atoms with van der Waals surface area (Å²) >= 11 is 0. The fourth-order valence-corrected chi connectivity index (χ4v) is 1.89. The first-order valence-corrected chi connectivity index (χ1v) is 7.08. The predicted molar refractivity (Wildman–Crippen MR) is 82.9 cm³/mol. The van der Waals surface area contributed by atoms with E-state index in [4.69, 9.17) is 5.11 Å².